The van der Waals surface area contributed by atoms with Crippen molar-refractivity contribution in [3.05, 3.63) is 54.2 Å². The quantitative estimate of drug-likeness (QED) is 0.450. The van der Waals surface area contributed by atoms with Crippen molar-refractivity contribution >= 4 is 22.8 Å². The van der Waals surface area contributed by atoms with E-state index in [1.807, 2.05) is 48.7 Å². The number of ether oxygens (including phenoxy) is 2. The number of hydrogen-bond acceptors (Lipinski definition) is 6. The third kappa shape index (κ3) is 6.09. The Kier molecular flexibility index (Phi) is 7.65. The Hall–Kier alpha value is -4.03. The fourth-order valence-electron chi connectivity index (χ4n) is 4.63. The fourth-order valence-corrected chi connectivity index (χ4v) is 4.63. The average molecular weight is 519 g/mol. The maximum Gasteiger partial charge on any atom is 0.408 e. The Bertz CT molecular complexity index is 1360. The number of alkyl carbamates (subject to hydrolysis) is 1. The molecule has 200 valence electrons. The van der Waals surface area contributed by atoms with Gasteiger partial charge in [-0.3, -0.25) is 4.79 Å². The van der Waals surface area contributed by atoms with Gasteiger partial charge in [-0.2, -0.15) is 5.26 Å². The molecule has 0 spiro atoms. The lowest BCUT2D eigenvalue weighted by atomic mass is 9.88. The van der Waals surface area contributed by atoms with Crippen LogP contribution in [0.1, 0.15) is 39.2 Å². The molecule has 1 aliphatic rings. The maximum absolute atomic E-state index is 13.3. The van der Waals surface area contributed by atoms with Crippen molar-refractivity contribution in [3.8, 4) is 23.1 Å². The van der Waals surface area contributed by atoms with E-state index in [4.69, 9.17) is 9.47 Å². The Morgan fingerprint density at radius 3 is 2.45 bits per heavy atom. The summed E-state index contributed by atoms with van der Waals surface area (Å²) in [7, 11) is 1.80. The van der Waals surface area contributed by atoms with E-state index in [2.05, 4.69) is 16.7 Å². The van der Waals surface area contributed by atoms with Gasteiger partial charge in [0.2, 0.25) is 5.91 Å². The SMILES string of the molecule is Cn1cc2cc(-c3ccc(C[C@@H](C#N)NC(=O)C4(NC(=O)OC(C)(C)C)CCOCC4)cc3)ccc2c1O. The summed E-state index contributed by atoms with van der Waals surface area (Å²) < 4.78 is 12.5. The van der Waals surface area contributed by atoms with Crippen LogP contribution in [0.25, 0.3) is 21.9 Å². The Morgan fingerprint density at radius 2 is 1.82 bits per heavy atom. The molecule has 0 unspecified atom stereocenters. The summed E-state index contributed by atoms with van der Waals surface area (Å²) in [5, 5.41) is 27.2. The fraction of sp³-hybridized carbons (Fsp3) is 0.414. The first-order valence-corrected chi connectivity index (χ1v) is 12.7. The molecule has 9 nitrogen and oxygen atoms in total. The van der Waals surface area contributed by atoms with Gasteiger partial charge in [-0.25, -0.2) is 4.79 Å². The van der Waals surface area contributed by atoms with Crippen molar-refractivity contribution in [2.45, 2.75) is 57.2 Å². The number of benzene rings is 2. The van der Waals surface area contributed by atoms with Gasteiger partial charge in [-0.05, 0) is 49.6 Å². The molecule has 2 heterocycles. The highest BCUT2D eigenvalue weighted by atomic mass is 16.6. The molecule has 4 rings (SSSR count). The first-order chi connectivity index (χ1) is 18.0. The molecule has 1 aliphatic heterocycles. The molecule has 2 amide bonds. The first kappa shape index (κ1) is 27.0. The number of nitrogens with zero attached hydrogens (tertiary/aromatic N) is 2. The summed E-state index contributed by atoms with van der Waals surface area (Å²) in [5.74, 6) is -0.190. The first-order valence-electron chi connectivity index (χ1n) is 12.7. The molecule has 0 saturated carbocycles. The van der Waals surface area contributed by atoms with E-state index in [1.54, 1.807) is 32.4 Å². The molecule has 1 saturated heterocycles. The number of nitrogens with one attached hydrogen (secondary N) is 2. The summed E-state index contributed by atoms with van der Waals surface area (Å²) in [5.41, 5.74) is 0.987. The predicted molar refractivity (Wildman–Crippen MR) is 143 cm³/mol. The molecule has 0 bridgehead atoms. The number of amides is 2. The number of aryl methyl sites for hydroxylation is 1. The van der Waals surface area contributed by atoms with Crippen molar-refractivity contribution in [1.82, 2.24) is 15.2 Å². The summed E-state index contributed by atoms with van der Waals surface area (Å²) in [4.78, 5) is 25.8. The molecular weight excluding hydrogens is 484 g/mol. The van der Waals surface area contributed by atoms with Crippen LogP contribution in [0.4, 0.5) is 4.79 Å². The molecular formula is C29H34N4O5. The summed E-state index contributed by atoms with van der Waals surface area (Å²) in [6, 6.07) is 15.1. The lowest BCUT2D eigenvalue weighted by Gasteiger charge is -2.37. The zero-order valence-electron chi connectivity index (χ0n) is 22.2. The Labute approximate surface area is 222 Å². The molecule has 3 N–H and O–H groups in total. The van der Waals surface area contributed by atoms with Crippen LogP contribution in [-0.4, -0.2) is 52.1 Å². The largest absolute Gasteiger partial charge is 0.494 e. The number of rotatable bonds is 6. The van der Waals surface area contributed by atoms with E-state index in [1.165, 1.54) is 0 Å². The lowest BCUT2D eigenvalue weighted by molar-refractivity contribution is -0.132. The lowest BCUT2D eigenvalue weighted by Crippen LogP contribution is -2.63. The van der Waals surface area contributed by atoms with Gasteiger partial charge in [0.15, 0.2) is 5.88 Å². The van der Waals surface area contributed by atoms with E-state index < -0.39 is 29.2 Å². The van der Waals surface area contributed by atoms with E-state index >= 15 is 0 Å². The number of carbonyl (C=O) groups is 2. The van der Waals surface area contributed by atoms with Crippen molar-refractivity contribution in [3.63, 3.8) is 0 Å². The number of fused-ring (bicyclic) bond motifs is 1. The third-order valence-corrected chi connectivity index (χ3v) is 6.67. The van der Waals surface area contributed by atoms with Crippen LogP contribution in [0.5, 0.6) is 5.88 Å². The normalized spacial score (nSPS) is 15.9. The Morgan fingerprint density at radius 1 is 1.16 bits per heavy atom. The molecule has 3 aromatic rings. The van der Waals surface area contributed by atoms with Gasteiger partial charge in [0.05, 0.1) is 6.07 Å². The van der Waals surface area contributed by atoms with E-state index in [0.29, 0.717) is 19.6 Å². The van der Waals surface area contributed by atoms with Crippen molar-refractivity contribution in [1.29, 1.82) is 5.26 Å². The second-order valence-electron chi connectivity index (χ2n) is 10.7. The van der Waals surface area contributed by atoms with Gasteiger partial charge in [-0.15, -0.1) is 0 Å². The minimum absolute atomic E-state index is 0.232. The highest BCUT2D eigenvalue weighted by Gasteiger charge is 2.43. The molecule has 1 atom stereocenters. The van der Waals surface area contributed by atoms with Crippen LogP contribution in [0.15, 0.2) is 48.7 Å². The summed E-state index contributed by atoms with van der Waals surface area (Å²) >= 11 is 0. The standard InChI is InChI=1S/C29H34N4O5/c1-28(2,3)38-27(36)32-29(11-13-37-14-12-29)26(35)31-23(17-30)15-19-5-7-20(8-6-19)21-9-10-24-22(16-21)18-33(4)25(24)34/h5-10,16,18,23,34H,11-15H2,1-4H3,(H,31,35)(H,32,36)/t23-/m0/s1. The molecule has 0 aliphatic carbocycles. The minimum Gasteiger partial charge on any atom is -0.494 e. The number of nitriles is 1. The van der Waals surface area contributed by atoms with Crippen LogP contribution in [0, 0.1) is 11.3 Å². The Balaban J connectivity index is 1.44. The van der Waals surface area contributed by atoms with Gasteiger partial charge >= 0.3 is 6.09 Å². The number of aromatic hydroxyl groups is 1. The van der Waals surface area contributed by atoms with Gasteiger partial charge < -0.3 is 29.8 Å². The van der Waals surface area contributed by atoms with Gasteiger partial charge in [0.1, 0.15) is 17.2 Å². The average Bonchev–Trinajstić information content (AvgIpc) is 3.15. The highest BCUT2D eigenvalue weighted by Crippen LogP contribution is 2.31. The van der Waals surface area contributed by atoms with Crippen molar-refractivity contribution in [2.75, 3.05) is 13.2 Å². The number of carbonyl (C=O) groups excluding carboxylic acids is 2. The number of hydrogen-bond donors (Lipinski definition) is 3. The van der Waals surface area contributed by atoms with Crippen LogP contribution in [0.2, 0.25) is 0 Å². The highest BCUT2D eigenvalue weighted by molar-refractivity contribution is 5.92. The topological polar surface area (TPSA) is 126 Å². The van der Waals surface area contributed by atoms with Crippen molar-refractivity contribution < 1.29 is 24.2 Å². The van der Waals surface area contributed by atoms with E-state index in [-0.39, 0.29) is 18.7 Å². The van der Waals surface area contributed by atoms with E-state index in [9.17, 15) is 20.0 Å². The van der Waals surface area contributed by atoms with Crippen LogP contribution in [-0.2, 0) is 27.7 Å². The van der Waals surface area contributed by atoms with Crippen LogP contribution >= 0.6 is 0 Å². The number of aromatic nitrogens is 1. The zero-order chi connectivity index (χ0) is 27.5. The molecule has 0 radical (unpaired) electrons. The monoisotopic (exact) mass is 518 g/mol. The van der Waals surface area contributed by atoms with Crippen LogP contribution < -0.4 is 10.6 Å². The van der Waals surface area contributed by atoms with E-state index in [0.717, 1.165) is 27.5 Å². The molecule has 1 aromatic heterocycles. The summed E-state index contributed by atoms with van der Waals surface area (Å²) in [6.45, 7) is 5.90. The zero-order valence-corrected chi connectivity index (χ0v) is 22.2. The minimum atomic E-state index is -1.20. The third-order valence-electron chi connectivity index (χ3n) is 6.67. The molecule has 9 heteroatoms. The second-order valence-corrected chi connectivity index (χ2v) is 10.7. The molecule has 1 fully saturated rings. The maximum atomic E-state index is 13.3. The molecule has 38 heavy (non-hydrogen) atoms. The summed E-state index contributed by atoms with van der Waals surface area (Å²) in [6.07, 6.45) is 2.09. The second kappa shape index (κ2) is 10.8. The van der Waals surface area contributed by atoms with Gasteiger partial charge in [0, 0.05) is 56.5 Å². The van der Waals surface area contributed by atoms with Gasteiger partial charge in [-0.1, -0.05) is 30.3 Å². The van der Waals surface area contributed by atoms with Gasteiger partial charge in [0.25, 0.3) is 0 Å². The van der Waals surface area contributed by atoms with Crippen LogP contribution in [0.3, 0.4) is 0 Å². The van der Waals surface area contributed by atoms with Crippen molar-refractivity contribution in [2.24, 2.45) is 7.05 Å². The molecule has 2 aromatic carbocycles. The smallest absolute Gasteiger partial charge is 0.408 e. The predicted octanol–water partition coefficient (Wildman–Crippen LogP) is 4.18.